The number of amides is 1. The van der Waals surface area contributed by atoms with E-state index in [1.807, 2.05) is 23.2 Å². The normalized spacial score (nSPS) is 17.1. The molecule has 1 aromatic rings. The van der Waals surface area contributed by atoms with Crippen molar-refractivity contribution in [1.82, 2.24) is 5.01 Å². The average molecular weight is 248 g/mol. The van der Waals surface area contributed by atoms with Gasteiger partial charge in [0, 0.05) is 20.0 Å². The first-order valence-electron chi connectivity index (χ1n) is 5.88. The van der Waals surface area contributed by atoms with Crippen molar-refractivity contribution in [2.75, 3.05) is 18.6 Å². The Labute approximate surface area is 106 Å². The average Bonchev–Trinajstić information content (AvgIpc) is 2.69. The molecule has 0 saturated carbocycles. The molecule has 1 aromatic carbocycles. The molecule has 5 nitrogen and oxygen atoms in total. The maximum atomic E-state index is 11.5. The summed E-state index contributed by atoms with van der Waals surface area (Å²) in [5.41, 5.74) is 1.52. The van der Waals surface area contributed by atoms with Crippen LogP contribution in [0.4, 0.5) is 5.69 Å². The molecular weight excluding hydrogens is 232 g/mol. The lowest BCUT2D eigenvalue weighted by Gasteiger charge is -2.29. The third kappa shape index (κ3) is 2.03. The number of rotatable bonds is 3. The molecular formula is C13H16N2O3. The molecule has 1 saturated heterocycles. The Balaban J connectivity index is 2.39. The molecule has 1 heterocycles. The fourth-order valence-corrected chi connectivity index (χ4v) is 2.15. The van der Waals surface area contributed by atoms with Crippen LogP contribution in [0.1, 0.15) is 24.8 Å². The Hall–Kier alpha value is -2.04. The predicted molar refractivity (Wildman–Crippen MR) is 67.2 cm³/mol. The number of hydrogen-bond donors (Lipinski definition) is 1. The fraction of sp³-hybridized carbons (Fsp3) is 0.385. The molecule has 96 valence electrons. The summed E-state index contributed by atoms with van der Waals surface area (Å²) in [6.07, 6.45) is 0.465. The second-order valence-corrected chi connectivity index (χ2v) is 4.41. The minimum atomic E-state index is -0.865. The van der Waals surface area contributed by atoms with Crippen molar-refractivity contribution < 1.29 is 14.7 Å². The first kappa shape index (κ1) is 12.4. The monoisotopic (exact) mass is 248 g/mol. The Bertz CT molecular complexity index is 487. The largest absolute Gasteiger partial charge is 0.481 e. The molecule has 0 aliphatic carbocycles. The summed E-state index contributed by atoms with van der Waals surface area (Å²) in [6.45, 7) is 2.25. The molecule has 1 amide bonds. The van der Waals surface area contributed by atoms with Gasteiger partial charge in [0.05, 0.1) is 11.6 Å². The minimum Gasteiger partial charge on any atom is -0.481 e. The van der Waals surface area contributed by atoms with E-state index >= 15 is 0 Å². The quantitative estimate of drug-likeness (QED) is 0.879. The van der Waals surface area contributed by atoms with E-state index in [1.165, 1.54) is 0 Å². The summed E-state index contributed by atoms with van der Waals surface area (Å²) in [7, 11) is 1.71. The van der Waals surface area contributed by atoms with Crippen LogP contribution < -0.4 is 5.01 Å². The van der Waals surface area contributed by atoms with E-state index in [0.29, 0.717) is 13.0 Å². The number of carbonyl (C=O) groups is 2. The van der Waals surface area contributed by atoms with Crippen LogP contribution in [0.5, 0.6) is 0 Å². The van der Waals surface area contributed by atoms with Gasteiger partial charge in [0.1, 0.15) is 0 Å². The van der Waals surface area contributed by atoms with Gasteiger partial charge < -0.3 is 5.11 Å². The van der Waals surface area contributed by atoms with E-state index in [1.54, 1.807) is 25.0 Å². The van der Waals surface area contributed by atoms with Crippen LogP contribution in [0, 0.1) is 0 Å². The van der Waals surface area contributed by atoms with E-state index in [2.05, 4.69) is 0 Å². The molecule has 0 bridgehead atoms. The maximum absolute atomic E-state index is 11.5. The van der Waals surface area contributed by atoms with Gasteiger partial charge in [0.25, 0.3) is 0 Å². The third-order valence-corrected chi connectivity index (χ3v) is 3.31. The van der Waals surface area contributed by atoms with Gasteiger partial charge in [-0.3, -0.25) is 19.6 Å². The standard InChI is InChI=1S/C13H16N2O3/c1-9(13(17)18)10-5-3-4-6-11(10)15-8-7-12(16)14(15)2/h3-6,9H,7-8H2,1-2H3,(H,17,18). The van der Waals surface area contributed by atoms with Gasteiger partial charge in [0.15, 0.2) is 0 Å². The molecule has 5 heteroatoms. The minimum absolute atomic E-state index is 0.0489. The summed E-state index contributed by atoms with van der Waals surface area (Å²) in [5.74, 6) is -1.41. The number of aliphatic carboxylic acids is 1. The maximum Gasteiger partial charge on any atom is 0.310 e. The van der Waals surface area contributed by atoms with E-state index < -0.39 is 11.9 Å². The van der Waals surface area contributed by atoms with Crippen LogP contribution in [-0.4, -0.2) is 35.6 Å². The van der Waals surface area contributed by atoms with Crippen molar-refractivity contribution in [2.45, 2.75) is 19.3 Å². The predicted octanol–water partition coefficient (Wildman–Crippen LogP) is 1.46. The number of carbonyl (C=O) groups excluding carboxylic acids is 1. The van der Waals surface area contributed by atoms with Crippen molar-refractivity contribution in [1.29, 1.82) is 0 Å². The highest BCUT2D eigenvalue weighted by molar-refractivity contribution is 5.83. The Morgan fingerprint density at radius 3 is 2.61 bits per heavy atom. The number of hydrazine groups is 1. The Kier molecular flexibility index (Phi) is 3.23. The highest BCUT2D eigenvalue weighted by atomic mass is 16.4. The van der Waals surface area contributed by atoms with Crippen molar-refractivity contribution in [3.8, 4) is 0 Å². The lowest BCUT2D eigenvalue weighted by molar-refractivity contribution is -0.138. The van der Waals surface area contributed by atoms with Crippen LogP contribution >= 0.6 is 0 Å². The topological polar surface area (TPSA) is 60.9 Å². The van der Waals surface area contributed by atoms with E-state index in [-0.39, 0.29) is 5.91 Å². The van der Waals surface area contributed by atoms with Gasteiger partial charge in [-0.1, -0.05) is 18.2 Å². The zero-order valence-electron chi connectivity index (χ0n) is 10.5. The summed E-state index contributed by atoms with van der Waals surface area (Å²) < 4.78 is 0. The summed E-state index contributed by atoms with van der Waals surface area (Å²) in [6, 6.07) is 7.31. The second-order valence-electron chi connectivity index (χ2n) is 4.41. The second kappa shape index (κ2) is 4.68. The fourth-order valence-electron chi connectivity index (χ4n) is 2.15. The number of anilines is 1. The van der Waals surface area contributed by atoms with Gasteiger partial charge >= 0.3 is 5.97 Å². The molecule has 0 aromatic heterocycles. The number of benzene rings is 1. The Morgan fingerprint density at radius 1 is 1.39 bits per heavy atom. The number of nitrogens with zero attached hydrogens (tertiary/aromatic N) is 2. The molecule has 1 fully saturated rings. The highest BCUT2D eigenvalue weighted by Crippen LogP contribution is 2.30. The summed E-state index contributed by atoms with van der Waals surface area (Å²) in [4.78, 5) is 22.7. The lowest BCUT2D eigenvalue weighted by Crippen LogP contribution is -2.36. The number of carboxylic acid groups (broad SMARTS) is 1. The lowest BCUT2D eigenvalue weighted by atomic mass is 9.99. The van der Waals surface area contributed by atoms with Crippen LogP contribution in [-0.2, 0) is 9.59 Å². The van der Waals surface area contributed by atoms with Gasteiger partial charge in [-0.2, -0.15) is 0 Å². The first-order chi connectivity index (χ1) is 8.52. The number of carboxylic acids is 1. The number of hydrogen-bond acceptors (Lipinski definition) is 3. The van der Waals surface area contributed by atoms with Crippen LogP contribution in [0.2, 0.25) is 0 Å². The molecule has 1 N–H and O–H groups in total. The van der Waals surface area contributed by atoms with Crippen molar-refractivity contribution >= 4 is 17.6 Å². The van der Waals surface area contributed by atoms with Crippen molar-refractivity contribution in [2.24, 2.45) is 0 Å². The van der Waals surface area contributed by atoms with E-state index in [9.17, 15) is 9.59 Å². The van der Waals surface area contributed by atoms with E-state index in [4.69, 9.17) is 5.11 Å². The van der Waals surface area contributed by atoms with Crippen LogP contribution in [0.15, 0.2) is 24.3 Å². The molecule has 1 aliphatic rings. The van der Waals surface area contributed by atoms with Gasteiger partial charge in [0.2, 0.25) is 5.91 Å². The van der Waals surface area contributed by atoms with Crippen molar-refractivity contribution in [3.05, 3.63) is 29.8 Å². The SMILES string of the molecule is CC(C(=O)O)c1ccccc1N1CCC(=O)N1C. The third-order valence-electron chi connectivity index (χ3n) is 3.31. The molecule has 18 heavy (non-hydrogen) atoms. The zero-order valence-corrected chi connectivity index (χ0v) is 10.5. The molecule has 2 rings (SSSR count). The van der Waals surface area contributed by atoms with Gasteiger partial charge in [-0.05, 0) is 18.6 Å². The van der Waals surface area contributed by atoms with E-state index in [0.717, 1.165) is 11.3 Å². The van der Waals surface area contributed by atoms with Crippen LogP contribution in [0.25, 0.3) is 0 Å². The van der Waals surface area contributed by atoms with Gasteiger partial charge in [-0.15, -0.1) is 0 Å². The molecule has 0 radical (unpaired) electrons. The summed E-state index contributed by atoms with van der Waals surface area (Å²) >= 11 is 0. The molecule has 1 unspecified atom stereocenters. The molecule has 1 aliphatic heterocycles. The van der Waals surface area contributed by atoms with Crippen LogP contribution in [0.3, 0.4) is 0 Å². The number of para-hydroxylation sites is 1. The highest BCUT2D eigenvalue weighted by Gasteiger charge is 2.29. The smallest absolute Gasteiger partial charge is 0.310 e. The molecule has 1 atom stereocenters. The summed E-state index contributed by atoms with van der Waals surface area (Å²) in [5, 5.41) is 12.5. The van der Waals surface area contributed by atoms with Crippen molar-refractivity contribution in [3.63, 3.8) is 0 Å². The Morgan fingerprint density at radius 2 is 2.06 bits per heavy atom. The zero-order chi connectivity index (χ0) is 13.3. The first-order valence-corrected chi connectivity index (χ1v) is 5.88. The van der Waals surface area contributed by atoms with Gasteiger partial charge in [-0.25, -0.2) is 0 Å². The molecule has 0 spiro atoms.